The van der Waals surface area contributed by atoms with Gasteiger partial charge in [-0.3, -0.25) is 4.79 Å². The van der Waals surface area contributed by atoms with Gasteiger partial charge in [-0.1, -0.05) is 22.9 Å². The van der Waals surface area contributed by atoms with E-state index in [-0.39, 0.29) is 28.9 Å². The van der Waals surface area contributed by atoms with Gasteiger partial charge in [0, 0.05) is 22.2 Å². The van der Waals surface area contributed by atoms with Gasteiger partial charge < -0.3 is 0 Å². The van der Waals surface area contributed by atoms with Crippen LogP contribution in [0.5, 0.6) is 0 Å². The van der Waals surface area contributed by atoms with E-state index in [1.54, 1.807) is 6.07 Å². The summed E-state index contributed by atoms with van der Waals surface area (Å²) in [6.45, 7) is 1.84. The van der Waals surface area contributed by atoms with E-state index in [1.807, 2.05) is 6.92 Å². The molecular formula is C12H12BrF3OS. The van der Waals surface area contributed by atoms with Gasteiger partial charge in [0.15, 0.2) is 5.78 Å². The first-order valence-corrected chi connectivity index (χ1v) is 7.28. The molecule has 0 saturated carbocycles. The molecule has 0 radical (unpaired) electrons. The van der Waals surface area contributed by atoms with Crippen molar-refractivity contribution in [1.82, 2.24) is 0 Å². The summed E-state index contributed by atoms with van der Waals surface area (Å²) >= 11 is 2.96. The van der Waals surface area contributed by atoms with Crippen LogP contribution in [0.3, 0.4) is 0 Å². The monoisotopic (exact) mass is 340 g/mol. The van der Waals surface area contributed by atoms with Crippen molar-refractivity contribution in [1.29, 1.82) is 0 Å². The molecule has 0 aliphatic heterocycles. The second-order valence-corrected chi connectivity index (χ2v) is 5.56. The Labute approximate surface area is 116 Å². The SMILES string of the molecule is CCc1cc(SC(F)(F)F)cc(C(=O)CCBr)c1. The summed E-state index contributed by atoms with van der Waals surface area (Å²) in [5, 5.41) is 0.504. The van der Waals surface area contributed by atoms with E-state index in [2.05, 4.69) is 15.9 Å². The molecule has 1 rings (SSSR count). The molecule has 0 bridgehead atoms. The highest BCUT2D eigenvalue weighted by Crippen LogP contribution is 2.37. The summed E-state index contributed by atoms with van der Waals surface area (Å²) in [5.74, 6) is -0.147. The van der Waals surface area contributed by atoms with E-state index >= 15 is 0 Å². The fourth-order valence-corrected chi connectivity index (χ4v) is 2.47. The van der Waals surface area contributed by atoms with Crippen molar-refractivity contribution in [2.75, 3.05) is 5.33 Å². The van der Waals surface area contributed by atoms with Crippen LogP contribution in [0.1, 0.15) is 29.3 Å². The van der Waals surface area contributed by atoms with Gasteiger partial charge >= 0.3 is 5.51 Å². The van der Waals surface area contributed by atoms with E-state index in [0.29, 0.717) is 17.3 Å². The second kappa shape index (κ2) is 6.61. The lowest BCUT2D eigenvalue weighted by molar-refractivity contribution is -0.0328. The molecule has 0 fully saturated rings. The average Bonchev–Trinajstić information content (AvgIpc) is 2.26. The van der Waals surface area contributed by atoms with Gasteiger partial charge in [0.25, 0.3) is 0 Å². The number of benzene rings is 1. The van der Waals surface area contributed by atoms with Crippen molar-refractivity contribution in [2.24, 2.45) is 0 Å². The second-order valence-electron chi connectivity index (χ2n) is 3.63. The van der Waals surface area contributed by atoms with Gasteiger partial charge in [-0.05, 0) is 41.9 Å². The molecule has 0 unspecified atom stereocenters. The van der Waals surface area contributed by atoms with Gasteiger partial charge in [0.05, 0.1) is 0 Å². The molecule has 1 nitrogen and oxygen atoms in total. The molecule has 18 heavy (non-hydrogen) atoms. The Hall–Kier alpha value is -0.490. The summed E-state index contributed by atoms with van der Waals surface area (Å²) in [7, 11) is 0. The standard InChI is InChI=1S/C12H12BrF3OS/c1-2-8-5-9(11(17)3-4-13)7-10(6-8)18-12(14,15)16/h5-7H,2-4H2,1H3. The van der Waals surface area contributed by atoms with Crippen LogP contribution in [0.2, 0.25) is 0 Å². The predicted molar refractivity (Wildman–Crippen MR) is 70.5 cm³/mol. The lowest BCUT2D eigenvalue weighted by atomic mass is 10.0. The van der Waals surface area contributed by atoms with Gasteiger partial charge in [-0.2, -0.15) is 13.2 Å². The van der Waals surface area contributed by atoms with Crippen molar-refractivity contribution >= 4 is 33.5 Å². The number of thioether (sulfide) groups is 1. The number of alkyl halides is 4. The third kappa shape index (κ3) is 5.02. The molecule has 0 aromatic heterocycles. The van der Waals surface area contributed by atoms with E-state index in [0.717, 1.165) is 5.56 Å². The van der Waals surface area contributed by atoms with Crippen molar-refractivity contribution in [3.8, 4) is 0 Å². The summed E-state index contributed by atoms with van der Waals surface area (Å²) in [6.07, 6.45) is 0.879. The third-order valence-corrected chi connectivity index (χ3v) is 3.35. The van der Waals surface area contributed by atoms with Gasteiger partial charge in [0.2, 0.25) is 0 Å². The highest BCUT2D eigenvalue weighted by atomic mass is 79.9. The predicted octanol–water partition coefficient (Wildman–Crippen LogP) is 4.83. The molecule has 1 aromatic rings. The van der Waals surface area contributed by atoms with Gasteiger partial charge in [0.1, 0.15) is 0 Å². The molecule has 0 amide bonds. The molecule has 0 aliphatic carbocycles. The smallest absolute Gasteiger partial charge is 0.294 e. The maximum atomic E-state index is 12.3. The Balaban J connectivity index is 3.05. The molecule has 0 saturated heterocycles. The first kappa shape index (κ1) is 15.6. The van der Waals surface area contributed by atoms with Crippen LogP contribution in [-0.4, -0.2) is 16.6 Å². The van der Waals surface area contributed by atoms with Crippen LogP contribution in [-0.2, 0) is 6.42 Å². The minimum atomic E-state index is -4.33. The van der Waals surface area contributed by atoms with E-state index in [9.17, 15) is 18.0 Å². The Bertz CT molecular complexity index is 432. The average molecular weight is 341 g/mol. The normalized spacial score (nSPS) is 11.6. The quantitative estimate of drug-likeness (QED) is 0.434. The van der Waals surface area contributed by atoms with Crippen LogP contribution in [0.15, 0.2) is 23.1 Å². The number of hydrogen-bond acceptors (Lipinski definition) is 2. The fraction of sp³-hybridized carbons (Fsp3) is 0.417. The molecule has 0 N–H and O–H groups in total. The molecule has 0 heterocycles. The Morgan fingerprint density at radius 2 is 2.00 bits per heavy atom. The summed E-state index contributed by atoms with van der Waals surface area (Å²) in [5.41, 5.74) is -3.25. The first-order chi connectivity index (χ1) is 8.35. The number of aryl methyl sites for hydroxylation is 1. The largest absolute Gasteiger partial charge is 0.446 e. The number of Topliss-reactive ketones (excluding diaryl/α,β-unsaturated/α-hetero) is 1. The number of rotatable bonds is 5. The molecule has 100 valence electrons. The number of halogens is 4. The van der Waals surface area contributed by atoms with Gasteiger partial charge in [-0.25, -0.2) is 0 Å². The van der Waals surface area contributed by atoms with E-state index < -0.39 is 5.51 Å². The third-order valence-electron chi connectivity index (χ3n) is 2.25. The molecule has 6 heteroatoms. The van der Waals surface area contributed by atoms with E-state index in [4.69, 9.17) is 0 Å². The number of carbonyl (C=O) groups excluding carboxylic acids is 1. The number of ketones is 1. The zero-order chi connectivity index (χ0) is 13.8. The molecule has 0 aliphatic rings. The Kier molecular flexibility index (Phi) is 5.72. The van der Waals surface area contributed by atoms with Crippen LogP contribution in [0.25, 0.3) is 0 Å². The van der Waals surface area contributed by atoms with Crippen LogP contribution in [0.4, 0.5) is 13.2 Å². The molecular weight excluding hydrogens is 329 g/mol. The summed E-state index contributed by atoms with van der Waals surface area (Å²) in [4.78, 5) is 11.8. The lowest BCUT2D eigenvalue weighted by Crippen LogP contribution is -2.03. The Morgan fingerprint density at radius 3 is 2.50 bits per heavy atom. The molecule has 0 spiro atoms. The fourth-order valence-electron chi connectivity index (χ4n) is 1.45. The van der Waals surface area contributed by atoms with Crippen LogP contribution in [0, 0.1) is 0 Å². The van der Waals surface area contributed by atoms with Crippen LogP contribution >= 0.6 is 27.7 Å². The zero-order valence-corrected chi connectivity index (χ0v) is 12.1. The summed E-state index contributed by atoms with van der Waals surface area (Å²) in [6, 6.07) is 4.44. The van der Waals surface area contributed by atoms with Crippen molar-refractivity contribution in [3.05, 3.63) is 29.3 Å². The zero-order valence-electron chi connectivity index (χ0n) is 9.68. The summed E-state index contributed by atoms with van der Waals surface area (Å²) < 4.78 is 37.0. The van der Waals surface area contributed by atoms with Crippen LogP contribution < -0.4 is 0 Å². The van der Waals surface area contributed by atoms with Gasteiger partial charge in [-0.15, -0.1) is 0 Å². The van der Waals surface area contributed by atoms with Crippen molar-refractivity contribution < 1.29 is 18.0 Å². The molecule has 1 aromatic carbocycles. The minimum Gasteiger partial charge on any atom is -0.294 e. The highest BCUT2D eigenvalue weighted by molar-refractivity contribution is 9.09. The first-order valence-electron chi connectivity index (χ1n) is 5.34. The molecule has 0 atom stereocenters. The topological polar surface area (TPSA) is 17.1 Å². The number of carbonyl (C=O) groups is 1. The maximum Gasteiger partial charge on any atom is 0.446 e. The highest BCUT2D eigenvalue weighted by Gasteiger charge is 2.29. The minimum absolute atomic E-state index is 0.0692. The Morgan fingerprint density at radius 1 is 1.33 bits per heavy atom. The maximum absolute atomic E-state index is 12.3. The van der Waals surface area contributed by atoms with Crippen molar-refractivity contribution in [3.63, 3.8) is 0 Å². The number of hydrogen-bond donors (Lipinski definition) is 0. The lowest BCUT2D eigenvalue weighted by Gasteiger charge is -2.09. The van der Waals surface area contributed by atoms with Crippen molar-refractivity contribution in [2.45, 2.75) is 30.2 Å². The van der Waals surface area contributed by atoms with E-state index in [1.165, 1.54) is 12.1 Å².